The molecule has 0 heterocycles. The predicted molar refractivity (Wildman–Crippen MR) is 79.3 cm³/mol. The van der Waals surface area contributed by atoms with Gasteiger partial charge in [0.2, 0.25) is 5.91 Å². The third kappa shape index (κ3) is 2.90. The topological polar surface area (TPSA) is 69.1 Å². The number of hydrogen-bond acceptors (Lipinski definition) is 2. The molecular formula is C16H15F3N2O. The molecule has 0 bridgehead atoms. The molecule has 116 valence electrons. The molecule has 0 aliphatic carbocycles. The van der Waals surface area contributed by atoms with E-state index in [1.807, 2.05) is 0 Å². The van der Waals surface area contributed by atoms with Gasteiger partial charge in [0.05, 0.1) is 5.56 Å². The maximum absolute atomic E-state index is 13.0. The normalized spacial score (nSPS) is 11.5. The molecule has 0 saturated heterocycles. The Balaban J connectivity index is 2.80. The summed E-state index contributed by atoms with van der Waals surface area (Å²) in [7, 11) is 0. The largest absolute Gasteiger partial charge is 0.416 e. The monoisotopic (exact) mass is 308 g/mol. The van der Waals surface area contributed by atoms with Gasteiger partial charge in [-0.3, -0.25) is 4.79 Å². The van der Waals surface area contributed by atoms with Crippen molar-refractivity contribution >= 4 is 11.6 Å². The summed E-state index contributed by atoms with van der Waals surface area (Å²) in [5.41, 5.74) is 12.2. The Labute approximate surface area is 125 Å². The highest BCUT2D eigenvalue weighted by molar-refractivity contribution is 6.00. The van der Waals surface area contributed by atoms with E-state index in [4.69, 9.17) is 11.5 Å². The van der Waals surface area contributed by atoms with Crippen molar-refractivity contribution < 1.29 is 18.0 Å². The van der Waals surface area contributed by atoms with Crippen LogP contribution in [0.3, 0.4) is 0 Å². The lowest BCUT2D eigenvalue weighted by molar-refractivity contribution is -0.137. The minimum Gasteiger partial charge on any atom is -0.398 e. The van der Waals surface area contributed by atoms with Crippen molar-refractivity contribution in [3.63, 3.8) is 0 Å². The second-order valence-corrected chi connectivity index (χ2v) is 5.15. The van der Waals surface area contributed by atoms with Crippen LogP contribution in [0, 0.1) is 13.8 Å². The Morgan fingerprint density at radius 2 is 1.68 bits per heavy atom. The van der Waals surface area contributed by atoms with Gasteiger partial charge in [-0.1, -0.05) is 17.7 Å². The Morgan fingerprint density at radius 3 is 2.23 bits per heavy atom. The summed E-state index contributed by atoms with van der Waals surface area (Å²) >= 11 is 0. The van der Waals surface area contributed by atoms with E-state index >= 15 is 0 Å². The Morgan fingerprint density at radius 1 is 1.05 bits per heavy atom. The van der Waals surface area contributed by atoms with Crippen molar-refractivity contribution in [3.8, 4) is 11.1 Å². The lowest BCUT2D eigenvalue weighted by Crippen LogP contribution is -2.13. The second-order valence-electron chi connectivity index (χ2n) is 5.15. The number of aryl methyl sites for hydroxylation is 1. The summed E-state index contributed by atoms with van der Waals surface area (Å²) in [5, 5.41) is 0. The molecule has 4 N–H and O–H groups in total. The van der Waals surface area contributed by atoms with Crippen LogP contribution in [0.25, 0.3) is 11.1 Å². The molecule has 0 unspecified atom stereocenters. The molecule has 0 aliphatic rings. The van der Waals surface area contributed by atoms with E-state index in [0.29, 0.717) is 11.1 Å². The molecule has 2 rings (SSSR count). The van der Waals surface area contributed by atoms with E-state index in [1.54, 1.807) is 26.0 Å². The van der Waals surface area contributed by atoms with Crippen molar-refractivity contribution in [2.45, 2.75) is 20.0 Å². The number of benzene rings is 2. The highest BCUT2D eigenvalue weighted by Gasteiger charge is 2.32. The molecule has 0 aliphatic heterocycles. The van der Waals surface area contributed by atoms with Crippen molar-refractivity contribution in [1.82, 2.24) is 0 Å². The molecule has 0 radical (unpaired) electrons. The fraction of sp³-hybridized carbons (Fsp3) is 0.188. The maximum Gasteiger partial charge on any atom is 0.416 e. The minimum atomic E-state index is -4.52. The number of nitrogens with two attached hydrogens (primary N) is 2. The van der Waals surface area contributed by atoms with Crippen molar-refractivity contribution in [3.05, 3.63) is 52.6 Å². The van der Waals surface area contributed by atoms with Gasteiger partial charge in [-0.15, -0.1) is 0 Å². The van der Waals surface area contributed by atoms with E-state index in [9.17, 15) is 18.0 Å². The molecule has 0 saturated carbocycles. The number of hydrogen-bond donors (Lipinski definition) is 2. The number of primary amides is 1. The first-order valence-electron chi connectivity index (χ1n) is 6.49. The maximum atomic E-state index is 13.0. The number of carbonyl (C=O) groups is 1. The van der Waals surface area contributed by atoms with Crippen LogP contribution in [-0.4, -0.2) is 5.91 Å². The van der Waals surface area contributed by atoms with Gasteiger partial charge in [-0.2, -0.15) is 13.2 Å². The van der Waals surface area contributed by atoms with Crippen molar-refractivity contribution in [2.24, 2.45) is 5.73 Å². The van der Waals surface area contributed by atoms with Crippen molar-refractivity contribution in [2.75, 3.05) is 5.73 Å². The number of anilines is 1. The zero-order valence-electron chi connectivity index (χ0n) is 12.1. The predicted octanol–water partition coefficient (Wildman–Crippen LogP) is 3.67. The molecule has 0 spiro atoms. The number of alkyl halides is 3. The summed E-state index contributed by atoms with van der Waals surface area (Å²) in [5.74, 6) is -0.703. The van der Waals surface area contributed by atoms with Crippen LogP contribution in [0.15, 0.2) is 30.3 Å². The molecule has 1 amide bonds. The van der Waals surface area contributed by atoms with Crippen LogP contribution in [-0.2, 0) is 6.18 Å². The standard InChI is InChI=1S/C16H15F3N2O/c1-8-3-4-11(15(21)22)13(5-8)12-6-10(16(17,18)19)7-14(20)9(12)2/h3-7H,20H2,1-2H3,(H2,21,22). The molecule has 0 fully saturated rings. The summed E-state index contributed by atoms with van der Waals surface area (Å²) in [6.45, 7) is 3.39. The lowest BCUT2D eigenvalue weighted by Gasteiger charge is -2.16. The van der Waals surface area contributed by atoms with Crippen LogP contribution in [0.2, 0.25) is 0 Å². The summed E-state index contributed by atoms with van der Waals surface area (Å²) in [4.78, 5) is 11.6. The average molecular weight is 308 g/mol. The van der Waals surface area contributed by atoms with Gasteiger partial charge in [0.15, 0.2) is 0 Å². The number of rotatable bonds is 2. The van der Waals surface area contributed by atoms with E-state index in [1.165, 1.54) is 6.07 Å². The van der Waals surface area contributed by atoms with Gasteiger partial charge in [-0.05, 0) is 48.7 Å². The average Bonchev–Trinajstić information content (AvgIpc) is 2.40. The highest BCUT2D eigenvalue weighted by atomic mass is 19.4. The number of halogens is 3. The molecule has 0 atom stereocenters. The van der Waals surface area contributed by atoms with Crippen LogP contribution in [0.1, 0.15) is 27.0 Å². The number of amides is 1. The van der Waals surface area contributed by atoms with Crippen LogP contribution >= 0.6 is 0 Å². The Kier molecular flexibility index (Phi) is 3.87. The van der Waals surface area contributed by atoms with Gasteiger partial charge >= 0.3 is 6.18 Å². The third-order valence-corrected chi connectivity index (χ3v) is 3.51. The molecule has 2 aromatic carbocycles. The SMILES string of the molecule is Cc1ccc(C(N)=O)c(-c2cc(C(F)(F)F)cc(N)c2C)c1. The quantitative estimate of drug-likeness (QED) is 0.831. The zero-order chi connectivity index (χ0) is 16.7. The van der Waals surface area contributed by atoms with E-state index in [2.05, 4.69) is 0 Å². The summed E-state index contributed by atoms with van der Waals surface area (Å²) < 4.78 is 39.0. The second kappa shape index (κ2) is 5.36. The van der Waals surface area contributed by atoms with Crippen LogP contribution < -0.4 is 11.5 Å². The molecular weight excluding hydrogens is 293 g/mol. The third-order valence-electron chi connectivity index (χ3n) is 3.51. The minimum absolute atomic E-state index is 0.0155. The smallest absolute Gasteiger partial charge is 0.398 e. The van der Waals surface area contributed by atoms with E-state index in [-0.39, 0.29) is 16.8 Å². The summed E-state index contributed by atoms with van der Waals surface area (Å²) in [6, 6.07) is 6.69. The Bertz CT molecular complexity index is 752. The van der Waals surface area contributed by atoms with Crippen LogP contribution in [0.4, 0.5) is 18.9 Å². The van der Waals surface area contributed by atoms with Gasteiger partial charge in [0.1, 0.15) is 0 Å². The molecule has 0 aromatic heterocycles. The number of nitrogen functional groups attached to an aromatic ring is 1. The first-order valence-corrected chi connectivity index (χ1v) is 6.49. The fourth-order valence-electron chi connectivity index (χ4n) is 2.28. The first-order chi connectivity index (χ1) is 10.1. The lowest BCUT2D eigenvalue weighted by atomic mass is 9.91. The van der Waals surface area contributed by atoms with Gasteiger partial charge in [-0.25, -0.2) is 0 Å². The first kappa shape index (κ1) is 15.9. The van der Waals surface area contributed by atoms with E-state index in [0.717, 1.165) is 17.7 Å². The number of carbonyl (C=O) groups excluding carboxylic acids is 1. The Hall–Kier alpha value is -2.50. The fourth-order valence-corrected chi connectivity index (χ4v) is 2.28. The molecule has 3 nitrogen and oxygen atoms in total. The van der Waals surface area contributed by atoms with Crippen LogP contribution in [0.5, 0.6) is 0 Å². The van der Waals surface area contributed by atoms with Gasteiger partial charge in [0, 0.05) is 11.3 Å². The molecule has 2 aromatic rings. The highest BCUT2D eigenvalue weighted by Crippen LogP contribution is 2.37. The zero-order valence-corrected chi connectivity index (χ0v) is 12.1. The van der Waals surface area contributed by atoms with Gasteiger partial charge < -0.3 is 11.5 Å². The van der Waals surface area contributed by atoms with Crippen molar-refractivity contribution in [1.29, 1.82) is 0 Å². The molecule has 22 heavy (non-hydrogen) atoms. The summed E-state index contributed by atoms with van der Waals surface area (Å²) in [6.07, 6.45) is -4.52. The molecule has 6 heteroatoms. The van der Waals surface area contributed by atoms with Gasteiger partial charge in [0.25, 0.3) is 0 Å². The van der Waals surface area contributed by atoms with E-state index < -0.39 is 17.6 Å².